The van der Waals surface area contributed by atoms with E-state index in [0.717, 1.165) is 76.3 Å². The fraction of sp³-hybridized carbons (Fsp3) is 0.394. The van der Waals surface area contributed by atoms with Crippen molar-refractivity contribution >= 4 is 33.7 Å². The second-order valence-electron chi connectivity index (χ2n) is 11.0. The predicted octanol–water partition coefficient (Wildman–Crippen LogP) is 6.66. The maximum Gasteiger partial charge on any atom is 0.305 e. The first-order chi connectivity index (χ1) is 19.0. The van der Waals surface area contributed by atoms with Crippen LogP contribution < -0.4 is 5.32 Å². The van der Waals surface area contributed by atoms with E-state index >= 15 is 0 Å². The van der Waals surface area contributed by atoms with Crippen molar-refractivity contribution in [3.63, 3.8) is 0 Å². The van der Waals surface area contributed by atoms with E-state index in [4.69, 9.17) is 9.47 Å². The van der Waals surface area contributed by atoms with Crippen LogP contribution >= 0.6 is 0 Å². The van der Waals surface area contributed by atoms with Gasteiger partial charge in [-0.3, -0.25) is 9.59 Å². The number of hydrogen-bond donors (Lipinski definition) is 1. The highest BCUT2D eigenvalue weighted by atomic mass is 16.5. The number of aryl methyl sites for hydroxylation is 1. The Morgan fingerprint density at radius 1 is 1.08 bits per heavy atom. The zero-order valence-electron chi connectivity index (χ0n) is 23.1. The van der Waals surface area contributed by atoms with Crippen LogP contribution in [0.5, 0.6) is 0 Å². The topological polar surface area (TPSA) is 69.6 Å². The van der Waals surface area contributed by atoms with E-state index in [9.17, 15) is 9.59 Å². The third-order valence-corrected chi connectivity index (χ3v) is 7.98. The molecule has 0 unspecified atom stereocenters. The predicted molar refractivity (Wildman–Crippen MR) is 154 cm³/mol. The maximum atomic E-state index is 13.2. The van der Waals surface area contributed by atoms with Crippen molar-refractivity contribution in [3.05, 3.63) is 70.3 Å². The van der Waals surface area contributed by atoms with Crippen LogP contribution in [0.1, 0.15) is 79.1 Å². The minimum atomic E-state index is -0.118. The van der Waals surface area contributed by atoms with Crippen molar-refractivity contribution in [3.8, 4) is 11.1 Å². The van der Waals surface area contributed by atoms with Crippen LogP contribution in [0.25, 0.3) is 32.9 Å². The summed E-state index contributed by atoms with van der Waals surface area (Å²) >= 11 is 0. The number of carbonyl (C=O) groups is 2. The number of aromatic nitrogens is 1. The van der Waals surface area contributed by atoms with E-state index in [0.29, 0.717) is 26.2 Å². The molecule has 39 heavy (non-hydrogen) atoms. The van der Waals surface area contributed by atoms with Crippen molar-refractivity contribution < 1.29 is 19.1 Å². The summed E-state index contributed by atoms with van der Waals surface area (Å²) in [6.07, 6.45) is 4.00. The summed E-state index contributed by atoms with van der Waals surface area (Å²) in [5.74, 6) is -0.105. The molecule has 6 rings (SSSR count). The standard InChI is InChI=1S/C33H36N2O4/c1-4-5-11-28(36)38-15-8-14-35-27-13-12-21(19-39-20(2)3)16-24(27)30-26-18-34-33(37)31(26)29-23-10-7-6-9-22(23)17-25(29)32(30)35/h6-7,9-10,12-13,16,20H,4-5,8,11,14-15,17-19H2,1-3H3,(H,34,37). The molecule has 1 amide bonds. The molecule has 0 bridgehead atoms. The molecule has 0 spiro atoms. The highest BCUT2D eigenvalue weighted by molar-refractivity contribution is 6.20. The smallest absolute Gasteiger partial charge is 0.305 e. The normalized spacial score (nSPS) is 13.7. The largest absolute Gasteiger partial charge is 0.466 e. The number of ether oxygens (including phenoxy) is 2. The SMILES string of the molecule is CCCCC(=O)OCCCn1c2ccc(COC(C)C)cc2c2c3c(c4c(c21)Cc1ccccc1-4)C(=O)NC3. The van der Waals surface area contributed by atoms with Crippen LogP contribution in [0.15, 0.2) is 42.5 Å². The number of esters is 1. The molecule has 2 aliphatic rings. The van der Waals surface area contributed by atoms with Gasteiger partial charge in [-0.1, -0.05) is 43.7 Å². The average molecular weight is 525 g/mol. The van der Waals surface area contributed by atoms with Gasteiger partial charge in [0.25, 0.3) is 5.91 Å². The van der Waals surface area contributed by atoms with Crippen LogP contribution in [-0.4, -0.2) is 29.2 Å². The number of nitrogens with one attached hydrogen (secondary N) is 1. The quantitative estimate of drug-likeness (QED) is 0.164. The summed E-state index contributed by atoms with van der Waals surface area (Å²) in [7, 11) is 0. The number of benzene rings is 3. The third-order valence-electron chi connectivity index (χ3n) is 7.98. The van der Waals surface area contributed by atoms with Gasteiger partial charge in [-0.15, -0.1) is 0 Å². The molecule has 4 aromatic rings. The van der Waals surface area contributed by atoms with Gasteiger partial charge in [0.2, 0.25) is 0 Å². The lowest BCUT2D eigenvalue weighted by Gasteiger charge is -2.14. The Kier molecular flexibility index (Phi) is 6.90. The summed E-state index contributed by atoms with van der Waals surface area (Å²) in [5.41, 5.74) is 10.1. The molecule has 1 aliphatic carbocycles. The second-order valence-corrected chi connectivity index (χ2v) is 11.0. The zero-order chi connectivity index (χ0) is 27.1. The summed E-state index contributed by atoms with van der Waals surface area (Å²) in [5, 5.41) is 5.43. The monoisotopic (exact) mass is 524 g/mol. The number of carbonyl (C=O) groups excluding carboxylic acids is 2. The van der Waals surface area contributed by atoms with Crippen LogP contribution in [-0.2, 0) is 40.4 Å². The Bertz CT molecular complexity index is 1600. The summed E-state index contributed by atoms with van der Waals surface area (Å²) < 4.78 is 13.9. The van der Waals surface area contributed by atoms with Crippen LogP contribution in [0.2, 0.25) is 0 Å². The summed E-state index contributed by atoms with van der Waals surface area (Å²) in [6.45, 7) is 8.37. The molecule has 0 saturated carbocycles. The van der Waals surface area contributed by atoms with Gasteiger partial charge < -0.3 is 19.4 Å². The number of fused-ring (bicyclic) bond motifs is 10. The molecule has 6 heteroatoms. The Balaban J connectivity index is 1.50. The molecule has 202 valence electrons. The number of nitrogens with zero attached hydrogens (tertiary/aromatic N) is 1. The second kappa shape index (κ2) is 10.5. The van der Waals surface area contributed by atoms with Gasteiger partial charge in [0.05, 0.1) is 30.4 Å². The van der Waals surface area contributed by atoms with E-state index in [-0.39, 0.29) is 18.0 Å². The third kappa shape index (κ3) is 4.51. The summed E-state index contributed by atoms with van der Waals surface area (Å²) in [6, 6.07) is 15.0. The molecule has 1 aliphatic heterocycles. The van der Waals surface area contributed by atoms with E-state index in [1.807, 2.05) is 13.8 Å². The number of amides is 1. The lowest BCUT2D eigenvalue weighted by Crippen LogP contribution is -2.13. The first kappa shape index (κ1) is 25.6. The highest BCUT2D eigenvalue weighted by Crippen LogP contribution is 2.48. The van der Waals surface area contributed by atoms with Crippen molar-refractivity contribution in [2.45, 2.75) is 78.7 Å². The first-order valence-electron chi connectivity index (χ1n) is 14.2. The van der Waals surface area contributed by atoms with Crippen molar-refractivity contribution in [2.24, 2.45) is 0 Å². The Labute approximate surface area is 229 Å². The minimum Gasteiger partial charge on any atom is -0.466 e. The van der Waals surface area contributed by atoms with Gasteiger partial charge in [-0.05, 0) is 66.6 Å². The van der Waals surface area contributed by atoms with E-state index < -0.39 is 0 Å². The van der Waals surface area contributed by atoms with Gasteiger partial charge in [-0.25, -0.2) is 0 Å². The van der Waals surface area contributed by atoms with Gasteiger partial charge >= 0.3 is 5.97 Å². The lowest BCUT2D eigenvalue weighted by atomic mass is 9.92. The average Bonchev–Trinajstić information content (AvgIpc) is 3.60. The molecule has 6 nitrogen and oxygen atoms in total. The molecule has 3 aromatic carbocycles. The maximum absolute atomic E-state index is 13.2. The van der Waals surface area contributed by atoms with E-state index in [1.165, 1.54) is 16.6 Å². The minimum absolute atomic E-state index is 0.0130. The fourth-order valence-electron chi connectivity index (χ4n) is 6.22. The van der Waals surface area contributed by atoms with Crippen LogP contribution in [0, 0.1) is 0 Å². The lowest BCUT2D eigenvalue weighted by molar-refractivity contribution is -0.143. The molecule has 0 fully saturated rings. The van der Waals surface area contributed by atoms with E-state index in [2.05, 4.69) is 59.3 Å². The molecular formula is C33H36N2O4. The van der Waals surface area contributed by atoms with Gasteiger partial charge in [0.15, 0.2) is 0 Å². The Hall–Kier alpha value is -3.64. The molecular weight excluding hydrogens is 488 g/mol. The molecule has 1 N–H and O–H groups in total. The zero-order valence-corrected chi connectivity index (χ0v) is 23.1. The van der Waals surface area contributed by atoms with Gasteiger partial charge in [0.1, 0.15) is 0 Å². The summed E-state index contributed by atoms with van der Waals surface area (Å²) in [4.78, 5) is 25.3. The van der Waals surface area contributed by atoms with Gasteiger partial charge in [-0.2, -0.15) is 0 Å². The van der Waals surface area contributed by atoms with Crippen LogP contribution in [0.3, 0.4) is 0 Å². The molecule has 0 radical (unpaired) electrons. The molecule has 0 saturated heterocycles. The van der Waals surface area contributed by atoms with Gasteiger partial charge in [0, 0.05) is 47.8 Å². The number of unbranched alkanes of at least 4 members (excludes halogenated alkanes) is 1. The molecule has 0 atom stereocenters. The highest BCUT2D eigenvalue weighted by Gasteiger charge is 2.35. The molecule has 1 aromatic heterocycles. The fourth-order valence-corrected chi connectivity index (χ4v) is 6.22. The first-order valence-corrected chi connectivity index (χ1v) is 14.2. The van der Waals surface area contributed by atoms with Crippen molar-refractivity contribution in [1.82, 2.24) is 9.88 Å². The molecule has 2 heterocycles. The number of hydrogen-bond acceptors (Lipinski definition) is 4. The number of rotatable bonds is 10. The van der Waals surface area contributed by atoms with Crippen LogP contribution in [0.4, 0.5) is 0 Å². The van der Waals surface area contributed by atoms with E-state index in [1.54, 1.807) is 0 Å². The van der Waals surface area contributed by atoms with Crippen molar-refractivity contribution in [1.29, 1.82) is 0 Å². The Morgan fingerprint density at radius 2 is 1.92 bits per heavy atom. The Morgan fingerprint density at radius 3 is 2.74 bits per heavy atom. The van der Waals surface area contributed by atoms with Crippen molar-refractivity contribution in [2.75, 3.05) is 6.61 Å².